The third-order valence-electron chi connectivity index (χ3n) is 4.55. The molecule has 4 heteroatoms. The molecule has 0 saturated heterocycles. The molecule has 2 aliphatic rings. The molecule has 0 bridgehead atoms. The highest BCUT2D eigenvalue weighted by atomic mass is 35.5. The van der Waals surface area contributed by atoms with Crippen LogP contribution >= 0.6 is 46.4 Å². The van der Waals surface area contributed by atoms with Crippen LogP contribution in [0.1, 0.15) is 83.5 Å². The van der Waals surface area contributed by atoms with E-state index in [1.165, 1.54) is 44.9 Å². The topological polar surface area (TPSA) is 0 Å². The van der Waals surface area contributed by atoms with Gasteiger partial charge in [0.1, 0.15) is 0 Å². The predicted molar refractivity (Wildman–Crippen MR) is 112 cm³/mol. The molecular formula is C20H32Cl4. The van der Waals surface area contributed by atoms with E-state index in [9.17, 15) is 0 Å². The molecule has 0 aromatic carbocycles. The maximum absolute atomic E-state index is 6.11. The minimum atomic E-state index is 0.161. The highest BCUT2D eigenvalue weighted by Gasteiger charge is 2.15. The van der Waals surface area contributed by atoms with E-state index in [0.29, 0.717) is 5.38 Å². The van der Waals surface area contributed by atoms with Crippen LogP contribution in [0.5, 0.6) is 0 Å². The zero-order valence-corrected chi connectivity index (χ0v) is 17.7. The average molecular weight is 414 g/mol. The zero-order valence-electron chi connectivity index (χ0n) is 14.7. The van der Waals surface area contributed by atoms with E-state index in [2.05, 4.69) is 18.2 Å². The monoisotopic (exact) mass is 412 g/mol. The summed E-state index contributed by atoms with van der Waals surface area (Å²) in [6.45, 7) is 0. The highest BCUT2D eigenvalue weighted by molar-refractivity contribution is 6.30. The second-order valence-corrected chi connectivity index (χ2v) is 9.03. The Labute approximate surface area is 169 Å². The fourth-order valence-electron chi connectivity index (χ4n) is 2.94. The van der Waals surface area contributed by atoms with Crippen LogP contribution in [-0.4, -0.2) is 16.1 Å². The van der Waals surface area contributed by atoms with Crippen molar-refractivity contribution < 1.29 is 0 Å². The molecule has 0 amide bonds. The predicted octanol–water partition coefficient (Wildman–Crippen LogP) is 8.57. The Kier molecular flexibility index (Phi) is 14.0. The van der Waals surface area contributed by atoms with Gasteiger partial charge in [-0.1, -0.05) is 55.5 Å². The number of allylic oxidation sites excluding steroid dienone is 4. The summed E-state index contributed by atoms with van der Waals surface area (Å²) in [5, 5.41) is 1.65. The van der Waals surface area contributed by atoms with Gasteiger partial charge in [0, 0.05) is 15.8 Å². The molecule has 0 aromatic heterocycles. The van der Waals surface area contributed by atoms with E-state index in [-0.39, 0.29) is 10.8 Å². The van der Waals surface area contributed by atoms with E-state index in [0.717, 1.165) is 43.6 Å². The van der Waals surface area contributed by atoms with Crippen LogP contribution in [-0.2, 0) is 0 Å². The maximum atomic E-state index is 6.11. The smallest absolute Gasteiger partial charge is 0.0502 e. The van der Waals surface area contributed by atoms with E-state index >= 15 is 0 Å². The summed E-state index contributed by atoms with van der Waals surface area (Å²) in [7, 11) is 0. The molecule has 3 atom stereocenters. The van der Waals surface area contributed by atoms with Gasteiger partial charge in [-0.05, 0) is 57.8 Å². The first-order chi connectivity index (χ1) is 11.6. The van der Waals surface area contributed by atoms with Crippen molar-refractivity contribution in [2.24, 2.45) is 0 Å². The molecule has 3 unspecified atom stereocenters. The molecule has 2 rings (SSSR count). The Morgan fingerprint density at radius 1 is 0.708 bits per heavy atom. The standard InChI is InChI=1S/2C10H16Cl2/c11-9-5-3-1-2-4-6-10(12)8-7-9;11-9-7-5-3-1-2-4-6-8-10(9)12/h7,10H,1-6,8H2;1,3,9-10H,2,4-8H2. The Balaban J connectivity index is 0.000000240. The lowest BCUT2D eigenvalue weighted by atomic mass is 10.0. The average Bonchev–Trinajstić information content (AvgIpc) is 2.58. The molecule has 0 nitrogen and oxygen atoms in total. The summed E-state index contributed by atoms with van der Waals surface area (Å²) in [5.41, 5.74) is 0. The van der Waals surface area contributed by atoms with Crippen molar-refractivity contribution in [2.45, 2.75) is 99.6 Å². The van der Waals surface area contributed by atoms with Gasteiger partial charge in [0.2, 0.25) is 0 Å². The third-order valence-corrected chi connectivity index (χ3v) is 6.46. The minimum absolute atomic E-state index is 0.161. The molecule has 0 spiro atoms. The highest BCUT2D eigenvalue weighted by Crippen LogP contribution is 2.23. The Hall–Kier alpha value is 0.640. The summed E-state index contributed by atoms with van der Waals surface area (Å²) < 4.78 is 0. The van der Waals surface area contributed by atoms with E-state index in [4.69, 9.17) is 46.4 Å². The molecule has 2 aliphatic carbocycles. The van der Waals surface area contributed by atoms with Crippen LogP contribution in [0.4, 0.5) is 0 Å². The Bertz CT molecular complexity index is 365. The number of hydrogen-bond acceptors (Lipinski definition) is 0. The van der Waals surface area contributed by atoms with E-state index in [1.54, 1.807) is 0 Å². The second kappa shape index (κ2) is 14.8. The lowest BCUT2D eigenvalue weighted by molar-refractivity contribution is 0.594. The van der Waals surface area contributed by atoms with E-state index in [1.807, 2.05) is 0 Å². The number of hydrogen-bond donors (Lipinski definition) is 0. The van der Waals surface area contributed by atoms with E-state index < -0.39 is 0 Å². The molecule has 140 valence electrons. The fourth-order valence-corrected chi connectivity index (χ4v) is 3.94. The van der Waals surface area contributed by atoms with Crippen LogP contribution in [0.15, 0.2) is 23.3 Å². The molecule has 0 fully saturated rings. The van der Waals surface area contributed by atoms with Crippen LogP contribution in [0.25, 0.3) is 0 Å². The molecule has 0 saturated carbocycles. The molecule has 24 heavy (non-hydrogen) atoms. The van der Waals surface area contributed by atoms with Gasteiger partial charge in [0.05, 0.1) is 5.38 Å². The summed E-state index contributed by atoms with van der Waals surface area (Å²) in [6, 6.07) is 0. The van der Waals surface area contributed by atoms with Crippen molar-refractivity contribution in [1.29, 1.82) is 0 Å². The number of rotatable bonds is 0. The maximum Gasteiger partial charge on any atom is 0.0502 e. The lowest BCUT2D eigenvalue weighted by Gasteiger charge is -2.15. The molecule has 0 aliphatic heterocycles. The number of halogens is 4. The van der Waals surface area contributed by atoms with Crippen molar-refractivity contribution in [3.63, 3.8) is 0 Å². The van der Waals surface area contributed by atoms with Crippen molar-refractivity contribution in [1.82, 2.24) is 0 Å². The van der Waals surface area contributed by atoms with Crippen LogP contribution in [0, 0.1) is 0 Å². The first kappa shape index (κ1) is 22.7. The summed E-state index contributed by atoms with van der Waals surface area (Å²) >= 11 is 24.3. The summed E-state index contributed by atoms with van der Waals surface area (Å²) in [6.07, 6.45) is 21.7. The summed E-state index contributed by atoms with van der Waals surface area (Å²) in [4.78, 5) is 0. The van der Waals surface area contributed by atoms with Crippen LogP contribution in [0.2, 0.25) is 0 Å². The van der Waals surface area contributed by atoms with Crippen LogP contribution in [0.3, 0.4) is 0 Å². The van der Waals surface area contributed by atoms with Gasteiger partial charge in [0.15, 0.2) is 0 Å². The van der Waals surface area contributed by atoms with Crippen LogP contribution < -0.4 is 0 Å². The largest absolute Gasteiger partial charge is 0.123 e. The van der Waals surface area contributed by atoms with Gasteiger partial charge >= 0.3 is 0 Å². The Morgan fingerprint density at radius 3 is 2.21 bits per heavy atom. The van der Waals surface area contributed by atoms with Gasteiger partial charge in [-0.15, -0.1) is 34.8 Å². The van der Waals surface area contributed by atoms with Gasteiger partial charge in [-0.2, -0.15) is 0 Å². The first-order valence-electron chi connectivity index (χ1n) is 9.51. The number of alkyl halides is 3. The second-order valence-electron chi connectivity index (χ2n) is 6.80. The van der Waals surface area contributed by atoms with Crippen molar-refractivity contribution in [3.8, 4) is 0 Å². The van der Waals surface area contributed by atoms with Crippen molar-refractivity contribution >= 4 is 46.4 Å². The molecule has 0 N–H and O–H groups in total. The van der Waals surface area contributed by atoms with Crippen molar-refractivity contribution in [3.05, 3.63) is 23.3 Å². The minimum Gasteiger partial charge on any atom is -0.123 e. The normalized spacial score (nSPS) is 30.5. The fraction of sp³-hybridized carbons (Fsp3) is 0.800. The molecular weight excluding hydrogens is 382 g/mol. The SMILES string of the molecule is ClC1=CCC(Cl)CCCCCC1.ClC1CCC=CCCCCC1Cl. The first-order valence-corrected chi connectivity index (χ1v) is 11.2. The van der Waals surface area contributed by atoms with Gasteiger partial charge in [-0.25, -0.2) is 0 Å². The Morgan fingerprint density at radius 2 is 1.38 bits per heavy atom. The van der Waals surface area contributed by atoms with Crippen molar-refractivity contribution in [2.75, 3.05) is 0 Å². The molecule has 0 aromatic rings. The quantitative estimate of drug-likeness (QED) is 0.275. The van der Waals surface area contributed by atoms with Gasteiger partial charge < -0.3 is 0 Å². The molecule has 0 heterocycles. The summed E-state index contributed by atoms with van der Waals surface area (Å²) in [5.74, 6) is 0. The lowest BCUT2D eigenvalue weighted by Crippen LogP contribution is -2.14. The zero-order chi connectivity index (χ0) is 17.6. The third kappa shape index (κ3) is 12.1. The van der Waals surface area contributed by atoms with Gasteiger partial charge in [-0.3, -0.25) is 0 Å². The molecule has 0 radical (unpaired) electrons. The van der Waals surface area contributed by atoms with Gasteiger partial charge in [0.25, 0.3) is 0 Å².